The number of alkyl halides is 3. The second-order valence-electron chi connectivity index (χ2n) is 6.16. The molecule has 0 aromatic carbocycles. The molecule has 0 amide bonds. The van der Waals surface area contributed by atoms with E-state index in [-0.39, 0.29) is 11.5 Å². The van der Waals surface area contributed by atoms with Crippen molar-refractivity contribution in [2.75, 3.05) is 24.7 Å². The average molecular weight is 357 g/mol. The molecule has 2 aromatic heterocycles. The van der Waals surface area contributed by atoms with Gasteiger partial charge in [-0.15, -0.1) is 10.2 Å². The van der Waals surface area contributed by atoms with Gasteiger partial charge in [0.05, 0.1) is 13.2 Å². The van der Waals surface area contributed by atoms with Gasteiger partial charge in [-0.1, -0.05) is 19.0 Å². The number of hydrogen-bond donors (Lipinski definition) is 0. The van der Waals surface area contributed by atoms with Crippen molar-refractivity contribution in [3.8, 4) is 0 Å². The van der Waals surface area contributed by atoms with E-state index in [4.69, 9.17) is 9.26 Å². The van der Waals surface area contributed by atoms with Crippen LogP contribution >= 0.6 is 0 Å². The maximum atomic E-state index is 12.9. The van der Waals surface area contributed by atoms with Crippen LogP contribution in [0.4, 0.5) is 19.0 Å². The van der Waals surface area contributed by atoms with Gasteiger partial charge in [0.1, 0.15) is 6.04 Å². The summed E-state index contributed by atoms with van der Waals surface area (Å²) in [4.78, 5) is 6.15. The Morgan fingerprint density at radius 2 is 2.04 bits per heavy atom. The lowest BCUT2D eigenvalue weighted by molar-refractivity contribution is -0.142. The number of rotatable bonds is 3. The SMILES string of the molecule is Cc1cc(N2CCOCC2c2noc(C(C)C)n2)nnc1C(F)(F)F. The summed E-state index contributed by atoms with van der Waals surface area (Å²) in [6.07, 6.45) is -4.53. The van der Waals surface area contributed by atoms with Crippen LogP contribution in [0.2, 0.25) is 0 Å². The summed E-state index contributed by atoms with van der Waals surface area (Å²) < 4.78 is 49.3. The average Bonchev–Trinajstić information content (AvgIpc) is 3.03. The highest BCUT2D eigenvalue weighted by Crippen LogP contribution is 2.33. The molecule has 0 aliphatic carbocycles. The number of nitrogens with zero attached hydrogens (tertiary/aromatic N) is 5. The number of aryl methyl sites for hydroxylation is 1. The van der Waals surface area contributed by atoms with Gasteiger partial charge < -0.3 is 14.2 Å². The monoisotopic (exact) mass is 357 g/mol. The molecule has 0 bridgehead atoms. The fourth-order valence-electron chi connectivity index (χ4n) is 2.60. The Labute approximate surface area is 142 Å². The minimum Gasteiger partial charge on any atom is -0.377 e. The van der Waals surface area contributed by atoms with Crippen molar-refractivity contribution in [3.63, 3.8) is 0 Å². The lowest BCUT2D eigenvalue weighted by Crippen LogP contribution is -2.41. The van der Waals surface area contributed by atoms with E-state index in [1.807, 2.05) is 13.8 Å². The third-order valence-corrected chi connectivity index (χ3v) is 3.91. The van der Waals surface area contributed by atoms with E-state index in [9.17, 15) is 13.2 Å². The van der Waals surface area contributed by atoms with Gasteiger partial charge in [-0.2, -0.15) is 18.2 Å². The fraction of sp³-hybridized carbons (Fsp3) is 0.600. The maximum absolute atomic E-state index is 12.9. The zero-order chi connectivity index (χ0) is 18.2. The van der Waals surface area contributed by atoms with Gasteiger partial charge in [0.2, 0.25) is 5.89 Å². The molecule has 1 atom stereocenters. The molecule has 7 nitrogen and oxygen atoms in total. The second kappa shape index (κ2) is 6.58. The molecule has 0 radical (unpaired) electrons. The number of morpholine rings is 1. The number of ether oxygens (including phenoxy) is 1. The number of anilines is 1. The molecule has 0 spiro atoms. The topological polar surface area (TPSA) is 77.2 Å². The van der Waals surface area contributed by atoms with Crippen molar-refractivity contribution in [1.29, 1.82) is 0 Å². The lowest BCUT2D eigenvalue weighted by atomic mass is 10.1. The molecule has 136 valence electrons. The summed E-state index contributed by atoms with van der Waals surface area (Å²) in [5.41, 5.74) is -0.971. The van der Waals surface area contributed by atoms with E-state index < -0.39 is 17.9 Å². The van der Waals surface area contributed by atoms with Gasteiger partial charge in [-0.25, -0.2) is 0 Å². The van der Waals surface area contributed by atoms with Crippen LogP contribution in [-0.2, 0) is 10.9 Å². The third-order valence-electron chi connectivity index (χ3n) is 3.91. The Morgan fingerprint density at radius 1 is 1.28 bits per heavy atom. The Balaban J connectivity index is 1.92. The van der Waals surface area contributed by atoms with Gasteiger partial charge in [-0.3, -0.25) is 0 Å². The summed E-state index contributed by atoms with van der Waals surface area (Å²) in [6.45, 7) is 6.37. The van der Waals surface area contributed by atoms with Crippen LogP contribution in [0.25, 0.3) is 0 Å². The van der Waals surface area contributed by atoms with E-state index in [0.717, 1.165) is 0 Å². The summed E-state index contributed by atoms with van der Waals surface area (Å²) >= 11 is 0. The first-order chi connectivity index (χ1) is 11.8. The van der Waals surface area contributed by atoms with Crippen molar-refractivity contribution >= 4 is 5.82 Å². The van der Waals surface area contributed by atoms with Crippen LogP contribution in [0, 0.1) is 6.92 Å². The molecule has 3 rings (SSSR count). The largest absolute Gasteiger partial charge is 0.435 e. The Kier molecular flexibility index (Phi) is 4.63. The predicted molar refractivity (Wildman–Crippen MR) is 81.1 cm³/mol. The highest BCUT2D eigenvalue weighted by Gasteiger charge is 2.36. The molecule has 1 aliphatic rings. The van der Waals surface area contributed by atoms with Crippen LogP contribution < -0.4 is 4.90 Å². The van der Waals surface area contributed by atoms with Crippen LogP contribution in [0.3, 0.4) is 0 Å². The molecule has 1 saturated heterocycles. The van der Waals surface area contributed by atoms with Gasteiger partial charge in [0.25, 0.3) is 0 Å². The maximum Gasteiger partial charge on any atom is 0.435 e. The number of aromatic nitrogens is 4. The van der Waals surface area contributed by atoms with E-state index >= 15 is 0 Å². The quantitative estimate of drug-likeness (QED) is 0.836. The molecular formula is C15H18F3N5O2. The molecular weight excluding hydrogens is 339 g/mol. The van der Waals surface area contributed by atoms with Gasteiger partial charge in [0.15, 0.2) is 17.3 Å². The van der Waals surface area contributed by atoms with E-state index in [1.165, 1.54) is 13.0 Å². The normalized spacial score (nSPS) is 18.8. The molecule has 25 heavy (non-hydrogen) atoms. The third kappa shape index (κ3) is 3.58. The second-order valence-corrected chi connectivity index (χ2v) is 6.16. The number of halogens is 3. The lowest BCUT2D eigenvalue weighted by Gasteiger charge is -2.34. The van der Waals surface area contributed by atoms with Gasteiger partial charge in [-0.05, 0) is 18.6 Å². The molecule has 10 heteroatoms. The van der Waals surface area contributed by atoms with Crippen LogP contribution in [0.15, 0.2) is 10.6 Å². The van der Waals surface area contributed by atoms with Crippen molar-refractivity contribution in [1.82, 2.24) is 20.3 Å². The zero-order valence-corrected chi connectivity index (χ0v) is 14.0. The van der Waals surface area contributed by atoms with E-state index in [1.54, 1.807) is 4.90 Å². The summed E-state index contributed by atoms with van der Waals surface area (Å²) in [5.74, 6) is 1.32. The van der Waals surface area contributed by atoms with Crippen molar-refractivity contribution < 1.29 is 22.4 Å². The first kappa shape index (κ1) is 17.6. The molecule has 1 aliphatic heterocycles. The van der Waals surface area contributed by atoms with Crippen molar-refractivity contribution in [2.45, 2.75) is 38.9 Å². The predicted octanol–water partition coefficient (Wildman–Crippen LogP) is 2.89. The number of hydrogen-bond acceptors (Lipinski definition) is 7. The summed E-state index contributed by atoms with van der Waals surface area (Å²) in [5, 5.41) is 11.1. The minimum atomic E-state index is -4.53. The van der Waals surface area contributed by atoms with Gasteiger partial charge >= 0.3 is 6.18 Å². The first-order valence-corrected chi connectivity index (χ1v) is 7.86. The molecule has 1 unspecified atom stereocenters. The minimum absolute atomic E-state index is 0.0127. The van der Waals surface area contributed by atoms with Crippen molar-refractivity contribution in [2.24, 2.45) is 0 Å². The zero-order valence-electron chi connectivity index (χ0n) is 14.0. The molecule has 0 N–H and O–H groups in total. The van der Waals surface area contributed by atoms with E-state index in [2.05, 4.69) is 20.3 Å². The van der Waals surface area contributed by atoms with Gasteiger partial charge in [0, 0.05) is 12.5 Å². The Hall–Kier alpha value is -2.23. The standard InChI is InChI=1S/C15H18F3N5O2/c1-8(2)14-19-13(22-25-14)10-7-24-5-4-23(10)11-6-9(3)12(21-20-11)15(16,17)18/h6,8,10H,4-5,7H2,1-3H3. The summed E-state index contributed by atoms with van der Waals surface area (Å²) in [6, 6.07) is 0.979. The molecule has 2 aromatic rings. The summed E-state index contributed by atoms with van der Waals surface area (Å²) in [7, 11) is 0. The molecule has 0 saturated carbocycles. The van der Waals surface area contributed by atoms with Crippen LogP contribution in [0.1, 0.15) is 48.8 Å². The Bertz CT molecular complexity index is 747. The fourth-order valence-corrected chi connectivity index (χ4v) is 2.60. The Morgan fingerprint density at radius 3 is 2.64 bits per heavy atom. The van der Waals surface area contributed by atoms with Crippen LogP contribution in [0.5, 0.6) is 0 Å². The first-order valence-electron chi connectivity index (χ1n) is 7.86. The molecule has 3 heterocycles. The van der Waals surface area contributed by atoms with Crippen molar-refractivity contribution in [3.05, 3.63) is 29.0 Å². The van der Waals surface area contributed by atoms with E-state index in [0.29, 0.717) is 37.3 Å². The van der Waals surface area contributed by atoms with Crippen LogP contribution in [-0.4, -0.2) is 40.1 Å². The highest BCUT2D eigenvalue weighted by molar-refractivity contribution is 5.44. The molecule has 1 fully saturated rings. The highest BCUT2D eigenvalue weighted by atomic mass is 19.4. The smallest absolute Gasteiger partial charge is 0.377 e.